The topological polar surface area (TPSA) is 57.5 Å². The zero-order valence-electron chi connectivity index (χ0n) is 10.7. The van der Waals surface area contributed by atoms with Gasteiger partial charge in [-0.2, -0.15) is 13.2 Å². The fourth-order valence-corrected chi connectivity index (χ4v) is 2.60. The Morgan fingerprint density at radius 3 is 2.05 bits per heavy atom. The van der Waals surface area contributed by atoms with Gasteiger partial charge >= 0.3 is 12.1 Å². The molecule has 1 aliphatic rings. The van der Waals surface area contributed by atoms with Gasteiger partial charge in [-0.05, 0) is 43.4 Å². The van der Waals surface area contributed by atoms with E-state index in [-0.39, 0.29) is 12.8 Å². The summed E-state index contributed by atoms with van der Waals surface area (Å²) in [6.45, 7) is 0. The van der Waals surface area contributed by atoms with Crippen LogP contribution < -0.4 is 0 Å². The molecule has 0 saturated heterocycles. The lowest BCUT2D eigenvalue weighted by molar-refractivity contribution is -0.145. The molecule has 6 heteroatoms. The highest BCUT2D eigenvalue weighted by Gasteiger charge is 2.38. The van der Waals surface area contributed by atoms with Gasteiger partial charge in [-0.3, -0.25) is 4.79 Å². The first-order chi connectivity index (χ1) is 9.22. The van der Waals surface area contributed by atoms with Crippen molar-refractivity contribution in [3.8, 4) is 0 Å². The van der Waals surface area contributed by atoms with Gasteiger partial charge in [-0.25, -0.2) is 0 Å². The van der Waals surface area contributed by atoms with Crippen molar-refractivity contribution in [1.29, 1.82) is 0 Å². The molecular formula is C14H15F3O3. The SMILES string of the molecule is O=C(O)C1CCC(O)(c2ccc(C(F)(F)F)cc2)CC1. The number of alkyl halides is 3. The van der Waals surface area contributed by atoms with Crippen LogP contribution in [0.1, 0.15) is 36.8 Å². The van der Waals surface area contributed by atoms with Crippen LogP contribution in [0.3, 0.4) is 0 Å². The smallest absolute Gasteiger partial charge is 0.416 e. The Kier molecular flexibility index (Phi) is 3.77. The van der Waals surface area contributed by atoms with Crippen LogP contribution in [0.2, 0.25) is 0 Å². The second-order valence-electron chi connectivity index (χ2n) is 5.22. The largest absolute Gasteiger partial charge is 0.481 e. The van der Waals surface area contributed by atoms with E-state index in [1.54, 1.807) is 0 Å². The molecule has 0 aliphatic heterocycles. The van der Waals surface area contributed by atoms with E-state index in [1.807, 2.05) is 0 Å². The molecule has 1 fully saturated rings. The van der Waals surface area contributed by atoms with Crippen molar-refractivity contribution < 1.29 is 28.2 Å². The number of aliphatic carboxylic acids is 1. The van der Waals surface area contributed by atoms with Crippen molar-refractivity contribution >= 4 is 5.97 Å². The summed E-state index contributed by atoms with van der Waals surface area (Å²) in [5.74, 6) is -1.37. The third kappa shape index (κ3) is 2.95. The number of carbonyl (C=O) groups is 1. The second-order valence-corrected chi connectivity index (χ2v) is 5.22. The lowest BCUT2D eigenvalue weighted by Crippen LogP contribution is -2.33. The molecule has 1 saturated carbocycles. The summed E-state index contributed by atoms with van der Waals surface area (Å²) in [6.07, 6.45) is -3.26. The first kappa shape index (κ1) is 14.8. The average molecular weight is 288 g/mol. The molecule has 2 rings (SSSR count). The number of carboxylic acid groups (broad SMARTS) is 1. The number of benzene rings is 1. The molecule has 0 unspecified atom stereocenters. The zero-order chi connectivity index (χ0) is 15.0. The van der Waals surface area contributed by atoms with Crippen LogP contribution in [0.15, 0.2) is 24.3 Å². The van der Waals surface area contributed by atoms with E-state index in [0.29, 0.717) is 18.4 Å². The minimum absolute atomic E-state index is 0.245. The zero-order valence-corrected chi connectivity index (χ0v) is 10.7. The number of halogens is 3. The quantitative estimate of drug-likeness (QED) is 0.878. The summed E-state index contributed by atoms with van der Waals surface area (Å²) in [4.78, 5) is 10.9. The maximum atomic E-state index is 12.5. The number of carboxylic acids is 1. The van der Waals surface area contributed by atoms with Gasteiger partial charge in [0, 0.05) is 0 Å². The minimum Gasteiger partial charge on any atom is -0.481 e. The van der Waals surface area contributed by atoms with E-state index in [2.05, 4.69) is 0 Å². The van der Waals surface area contributed by atoms with Gasteiger partial charge in [0.1, 0.15) is 0 Å². The maximum absolute atomic E-state index is 12.5. The molecule has 2 N–H and O–H groups in total. The van der Waals surface area contributed by atoms with E-state index in [1.165, 1.54) is 12.1 Å². The van der Waals surface area contributed by atoms with Crippen molar-refractivity contribution in [2.24, 2.45) is 5.92 Å². The summed E-state index contributed by atoms with van der Waals surface area (Å²) in [5, 5.41) is 19.4. The van der Waals surface area contributed by atoms with Crippen LogP contribution in [-0.4, -0.2) is 16.2 Å². The van der Waals surface area contributed by atoms with E-state index in [0.717, 1.165) is 12.1 Å². The highest BCUT2D eigenvalue weighted by molar-refractivity contribution is 5.70. The standard InChI is InChI=1S/C14H15F3O3/c15-14(16,17)11-3-1-10(2-4-11)13(20)7-5-9(6-8-13)12(18)19/h1-4,9,20H,5-8H2,(H,18,19). The first-order valence-electron chi connectivity index (χ1n) is 6.35. The highest BCUT2D eigenvalue weighted by Crippen LogP contribution is 2.40. The van der Waals surface area contributed by atoms with Crippen LogP contribution in [0.5, 0.6) is 0 Å². The monoisotopic (exact) mass is 288 g/mol. The van der Waals surface area contributed by atoms with Crippen LogP contribution in [0, 0.1) is 5.92 Å². The molecule has 20 heavy (non-hydrogen) atoms. The Hall–Kier alpha value is -1.56. The van der Waals surface area contributed by atoms with Crippen molar-refractivity contribution in [3.05, 3.63) is 35.4 Å². The Bertz CT molecular complexity index is 485. The van der Waals surface area contributed by atoms with Crippen LogP contribution in [0.4, 0.5) is 13.2 Å². The van der Waals surface area contributed by atoms with E-state index in [4.69, 9.17) is 5.11 Å². The molecule has 1 aromatic carbocycles. The second kappa shape index (κ2) is 5.09. The lowest BCUT2D eigenvalue weighted by atomic mass is 9.75. The molecule has 1 aromatic rings. The molecule has 0 spiro atoms. The molecular weight excluding hydrogens is 273 g/mol. The first-order valence-corrected chi connectivity index (χ1v) is 6.35. The molecule has 0 heterocycles. The molecule has 3 nitrogen and oxygen atoms in total. The molecule has 0 radical (unpaired) electrons. The van der Waals surface area contributed by atoms with Gasteiger partial charge in [0.15, 0.2) is 0 Å². The van der Waals surface area contributed by atoms with E-state index in [9.17, 15) is 23.1 Å². The number of aliphatic hydroxyl groups is 1. The van der Waals surface area contributed by atoms with Gasteiger partial charge < -0.3 is 10.2 Å². The van der Waals surface area contributed by atoms with Gasteiger partial charge in [0.2, 0.25) is 0 Å². The summed E-state index contributed by atoms with van der Waals surface area (Å²) in [6, 6.07) is 4.42. The third-order valence-corrected chi connectivity index (χ3v) is 3.91. The van der Waals surface area contributed by atoms with Crippen molar-refractivity contribution in [2.75, 3.05) is 0 Å². The van der Waals surface area contributed by atoms with Crippen molar-refractivity contribution in [3.63, 3.8) is 0 Å². The minimum atomic E-state index is -4.40. The molecule has 110 valence electrons. The normalized spacial score (nSPS) is 27.3. The predicted octanol–water partition coefficient (Wildman–Crippen LogP) is 3.17. The average Bonchev–Trinajstić information content (AvgIpc) is 2.38. The maximum Gasteiger partial charge on any atom is 0.416 e. The number of rotatable bonds is 2. The third-order valence-electron chi connectivity index (χ3n) is 3.91. The fraction of sp³-hybridized carbons (Fsp3) is 0.500. The Labute approximate surface area is 114 Å². The highest BCUT2D eigenvalue weighted by atomic mass is 19.4. The molecule has 0 aromatic heterocycles. The van der Waals surface area contributed by atoms with Gasteiger partial charge in [0.25, 0.3) is 0 Å². The predicted molar refractivity (Wildman–Crippen MR) is 64.9 cm³/mol. The Morgan fingerprint density at radius 1 is 1.15 bits per heavy atom. The summed E-state index contributed by atoms with van der Waals surface area (Å²) in [7, 11) is 0. The molecule has 0 amide bonds. The summed E-state index contributed by atoms with van der Waals surface area (Å²) < 4.78 is 37.4. The fourth-order valence-electron chi connectivity index (χ4n) is 2.60. The molecule has 1 aliphatic carbocycles. The summed E-state index contributed by atoms with van der Waals surface area (Å²) in [5.41, 5.74) is -1.57. The Balaban J connectivity index is 2.14. The number of hydrogen-bond acceptors (Lipinski definition) is 2. The van der Waals surface area contributed by atoms with Gasteiger partial charge in [-0.15, -0.1) is 0 Å². The number of hydrogen-bond donors (Lipinski definition) is 2. The molecule has 0 bridgehead atoms. The van der Waals surface area contributed by atoms with Crippen LogP contribution >= 0.6 is 0 Å². The molecule has 0 atom stereocenters. The van der Waals surface area contributed by atoms with Crippen LogP contribution in [0.25, 0.3) is 0 Å². The summed E-state index contributed by atoms with van der Waals surface area (Å²) >= 11 is 0. The van der Waals surface area contributed by atoms with Gasteiger partial charge in [0.05, 0.1) is 17.1 Å². The van der Waals surface area contributed by atoms with Crippen molar-refractivity contribution in [2.45, 2.75) is 37.5 Å². The lowest BCUT2D eigenvalue weighted by Gasteiger charge is -2.35. The van der Waals surface area contributed by atoms with E-state index >= 15 is 0 Å². The van der Waals surface area contributed by atoms with Crippen molar-refractivity contribution in [1.82, 2.24) is 0 Å². The van der Waals surface area contributed by atoms with E-state index < -0.39 is 29.2 Å². The Morgan fingerprint density at radius 2 is 1.65 bits per heavy atom. The van der Waals surface area contributed by atoms with Gasteiger partial charge in [-0.1, -0.05) is 12.1 Å². The van der Waals surface area contributed by atoms with Crippen LogP contribution in [-0.2, 0) is 16.6 Å².